The molecule has 0 saturated heterocycles. The molecule has 9 heteroatoms. The summed E-state index contributed by atoms with van der Waals surface area (Å²) in [5.74, 6) is -1.86. The molecule has 2 unspecified atom stereocenters. The smallest absolute Gasteiger partial charge is 0.232 e. The lowest BCUT2D eigenvalue weighted by Crippen LogP contribution is -2.38. The van der Waals surface area contributed by atoms with Gasteiger partial charge in [0.05, 0.1) is 12.5 Å². The molecule has 0 amide bonds. The fourth-order valence-electron chi connectivity index (χ4n) is 2.55. The largest absolute Gasteiger partial charge is 0.382 e. The van der Waals surface area contributed by atoms with Crippen molar-refractivity contribution in [3.05, 3.63) is 59.8 Å². The van der Waals surface area contributed by atoms with Gasteiger partial charge in [0, 0.05) is 11.6 Å². The number of nitrogens with zero attached hydrogens (tertiary/aromatic N) is 5. The van der Waals surface area contributed by atoms with Crippen LogP contribution in [0.1, 0.15) is 30.1 Å². The van der Waals surface area contributed by atoms with Gasteiger partial charge in [-0.2, -0.15) is 10.1 Å². The summed E-state index contributed by atoms with van der Waals surface area (Å²) in [5, 5.41) is 18.9. The van der Waals surface area contributed by atoms with Gasteiger partial charge in [0.15, 0.2) is 5.82 Å². The van der Waals surface area contributed by atoms with Gasteiger partial charge in [0.1, 0.15) is 29.9 Å². The Morgan fingerprint density at radius 3 is 2.75 bits per heavy atom. The Hall–Kier alpha value is -2.68. The standard InChI is InChI=1S/C15H15F2N5O2/c1-9(14-20-10(2)21-24-14)15(23,6-22-8-18-7-19-22)12-4-3-11(16)5-13(12)17/h3-5,7-9,23H,6H2,1-2H3. The average molecular weight is 335 g/mol. The molecule has 24 heavy (non-hydrogen) atoms. The second-order valence-electron chi connectivity index (χ2n) is 5.54. The van der Waals surface area contributed by atoms with Crippen molar-refractivity contribution >= 4 is 0 Å². The van der Waals surface area contributed by atoms with E-state index in [-0.39, 0.29) is 18.0 Å². The molecular formula is C15H15F2N5O2. The molecule has 0 aliphatic heterocycles. The molecule has 1 N–H and O–H groups in total. The van der Waals surface area contributed by atoms with Crippen LogP contribution in [0.25, 0.3) is 0 Å². The van der Waals surface area contributed by atoms with Crippen molar-refractivity contribution in [2.24, 2.45) is 0 Å². The Kier molecular flexibility index (Phi) is 4.10. The minimum absolute atomic E-state index is 0.0947. The van der Waals surface area contributed by atoms with Gasteiger partial charge in [-0.25, -0.2) is 18.4 Å². The van der Waals surface area contributed by atoms with E-state index in [0.29, 0.717) is 11.9 Å². The van der Waals surface area contributed by atoms with Gasteiger partial charge in [-0.3, -0.25) is 0 Å². The number of hydrogen-bond acceptors (Lipinski definition) is 6. The summed E-state index contributed by atoms with van der Waals surface area (Å²) in [6, 6.07) is 2.99. The highest BCUT2D eigenvalue weighted by Gasteiger charge is 2.42. The van der Waals surface area contributed by atoms with Crippen LogP contribution in [0.4, 0.5) is 8.78 Å². The number of aliphatic hydroxyl groups is 1. The van der Waals surface area contributed by atoms with E-state index >= 15 is 0 Å². The molecule has 2 aromatic heterocycles. The summed E-state index contributed by atoms with van der Waals surface area (Å²) in [4.78, 5) is 7.91. The lowest BCUT2D eigenvalue weighted by molar-refractivity contribution is -0.0196. The number of aromatic nitrogens is 5. The van der Waals surface area contributed by atoms with Crippen LogP contribution in [0.15, 0.2) is 35.4 Å². The van der Waals surface area contributed by atoms with E-state index in [1.54, 1.807) is 13.8 Å². The molecule has 0 radical (unpaired) electrons. The summed E-state index contributed by atoms with van der Waals surface area (Å²) in [5.41, 5.74) is -1.90. The predicted molar refractivity (Wildman–Crippen MR) is 77.7 cm³/mol. The molecule has 1 aromatic carbocycles. The number of benzene rings is 1. The van der Waals surface area contributed by atoms with Gasteiger partial charge in [-0.1, -0.05) is 18.1 Å². The summed E-state index contributed by atoms with van der Waals surface area (Å²) in [7, 11) is 0. The molecule has 126 valence electrons. The van der Waals surface area contributed by atoms with Crippen LogP contribution >= 0.6 is 0 Å². The molecule has 2 atom stereocenters. The van der Waals surface area contributed by atoms with Gasteiger partial charge >= 0.3 is 0 Å². The Bertz CT molecular complexity index is 836. The SMILES string of the molecule is Cc1noc(C(C)C(O)(Cn2cncn2)c2ccc(F)cc2F)n1. The normalized spacial score (nSPS) is 15.2. The van der Waals surface area contributed by atoms with E-state index in [1.165, 1.54) is 23.4 Å². The van der Waals surface area contributed by atoms with Gasteiger partial charge in [0.2, 0.25) is 5.89 Å². The maximum atomic E-state index is 14.3. The maximum absolute atomic E-state index is 14.3. The van der Waals surface area contributed by atoms with Crippen molar-refractivity contribution in [3.8, 4) is 0 Å². The van der Waals surface area contributed by atoms with Gasteiger partial charge < -0.3 is 9.63 Å². The van der Waals surface area contributed by atoms with E-state index in [4.69, 9.17) is 4.52 Å². The van der Waals surface area contributed by atoms with Crippen LogP contribution in [0.2, 0.25) is 0 Å². The second-order valence-corrected chi connectivity index (χ2v) is 5.54. The molecule has 3 rings (SSSR count). The first-order valence-electron chi connectivity index (χ1n) is 7.20. The average Bonchev–Trinajstić information content (AvgIpc) is 3.17. The van der Waals surface area contributed by atoms with E-state index in [2.05, 4.69) is 20.2 Å². The van der Waals surface area contributed by atoms with Crippen LogP contribution in [-0.4, -0.2) is 30.0 Å². The lowest BCUT2D eigenvalue weighted by atomic mass is 9.81. The van der Waals surface area contributed by atoms with E-state index in [0.717, 1.165) is 6.07 Å². The van der Waals surface area contributed by atoms with Crippen molar-refractivity contribution in [1.29, 1.82) is 0 Å². The third kappa shape index (κ3) is 2.90. The van der Waals surface area contributed by atoms with Crippen LogP contribution in [0, 0.1) is 18.6 Å². The zero-order valence-electron chi connectivity index (χ0n) is 13.0. The number of rotatable bonds is 5. The van der Waals surface area contributed by atoms with Crippen molar-refractivity contribution < 1.29 is 18.4 Å². The van der Waals surface area contributed by atoms with Crippen molar-refractivity contribution in [3.63, 3.8) is 0 Å². The summed E-state index contributed by atoms with van der Waals surface area (Å²) < 4.78 is 34.1. The van der Waals surface area contributed by atoms with Crippen LogP contribution < -0.4 is 0 Å². The van der Waals surface area contributed by atoms with E-state index in [1.807, 2.05) is 0 Å². The first-order valence-corrected chi connectivity index (χ1v) is 7.20. The first kappa shape index (κ1) is 16.2. The predicted octanol–water partition coefficient (Wildman–Crippen LogP) is 1.94. The van der Waals surface area contributed by atoms with Gasteiger partial charge in [0.25, 0.3) is 0 Å². The number of hydrogen-bond donors (Lipinski definition) is 1. The van der Waals surface area contributed by atoms with E-state index < -0.39 is 23.2 Å². The third-order valence-electron chi connectivity index (χ3n) is 3.90. The molecule has 2 heterocycles. The highest BCUT2D eigenvalue weighted by Crippen LogP contribution is 2.38. The zero-order chi connectivity index (χ0) is 17.3. The van der Waals surface area contributed by atoms with Crippen molar-refractivity contribution in [2.75, 3.05) is 0 Å². The molecule has 3 aromatic rings. The van der Waals surface area contributed by atoms with Crippen molar-refractivity contribution in [2.45, 2.75) is 31.9 Å². The molecular weight excluding hydrogens is 320 g/mol. The zero-order valence-corrected chi connectivity index (χ0v) is 13.0. The molecule has 0 bridgehead atoms. The monoisotopic (exact) mass is 335 g/mol. The Balaban J connectivity index is 2.09. The Morgan fingerprint density at radius 2 is 2.17 bits per heavy atom. The van der Waals surface area contributed by atoms with Crippen LogP contribution in [0.3, 0.4) is 0 Å². The number of halogens is 2. The lowest BCUT2D eigenvalue weighted by Gasteiger charge is -2.32. The van der Waals surface area contributed by atoms with Gasteiger partial charge in [-0.15, -0.1) is 0 Å². The highest BCUT2D eigenvalue weighted by molar-refractivity contribution is 5.28. The topological polar surface area (TPSA) is 89.9 Å². The fourth-order valence-corrected chi connectivity index (χ4v) is 2.55. The maximum Gasteiger partial charge on any atom is 0.232 e. The van der Waals surface area contributed by atoms with E-state index in [9.17, 15) is 13.9 Å². The molecule has 0 aliphatic carbocycles. The quantitative estimate of drug-likeness (QED) is 0.766. The summed E-state index contributed by atoms with van der Waals surface area (Å²) >= 11 is 0. The van der Waals surface area contributed by atoms with Crippen LogP contribution in [-0.2, 0) is 12.1 Å². The van der Waals surface area contributed by atoms with Gasteiger partial charge in [-0.05, 0) is 13.0 Å². The molecule has 0 aliphatic rings. The summed E-state index contributed by atoms with van der Waals surface area (Å²) in [6.45, 7) is 3.12. The molecule has 7 nitrogen and oxygen atoms in total. The second kappa shape index (κ2) is 6.08. The highest BCUT2D eigenvalue weighted by atomic mass is 19.1. The molecule has 0 fully saturated rings. The van der Waals surface area contributed by atoms with Crippen LogP contribution in [0.5, 0.6) is 0 Å². The van der Waals surface area contributed by atoms with Crippen molar-refractivity contribution in [1.82, 2.24) is 24.9 Å². The minimum atomic E-state index is -1.80. The molecule has 0 spiro atoms. The minimum Gasteiger partial charge on any atom is -0.382 e. The Morgan fingerprint density at radius 1 is 1.38 bits per heavy atom. The number of aryl methyl sites for hydroxylation is 1. The fraction of sp³-hybridized carbons (Fsp3) is 0.333. The molecule has 0 saturated carbocycles. The first-order chi connectivity index (χ1) is 11.4. The Labute approximate surface area is 136 Å². The third-order valence-corrected chi connectivity index (χ3v) is 3.90. The summed E-state index contributed by atoms with van der Waals surface area (Å²) in [6.07, 6.45) is 2.68.